The monoisotopic (exact) mass is 397 g/mol. The molecule has 3 rings (SSSR count). The fourth-order valence-electron chi connectivity index (χ4n) is 2.80. The number of aromatic nitrogens is 1. The molecule has 0 bridgehead atoms. The van der Waals surface area contributed by atoms with E-state index in [0.717, 1.165) is 19.3 Å². The number of thioether (sulfide) groups is 1. The second kappa shape index (κ2) is 8.13. The van der Waals surface area contributed by atoms with E-state index in [1.165, 1.54) is 40.1 Å². The predicted molar refractivity (Wildman–Crippen MR) is 96.5 cm³/mol. The van der Waals surface area contributed by atoms with E-state index in [2.05, 4.69) is 22.8 Å². The smallest absolute Gasteiger partial charge is 0.267 e. The van der Waals surface area contributed by atoms with Crippen molar-refractivity contribution >= 4 is 34.9 Å². The fourth-order valence-corrected chi connectivity index (χ4v) is 4.48. The maximum Gasteiger partial charge on any atom is 0.290 e. The Labute approximate surface area is 157 Å². The van der Waals surface area contributed by atoms with E-state index in [1.54, 1.807) is 0 Å². The Morgan fingerprint density at radius 2 is 2.12 bits per heavy atom. The van der Waals surface area contributed by atoms with Crippen LogP contribution in [0.4, 0.5) is 8.78 Å². The molecule has 1 aliphatic rings. The Hall–Kier alpha value is -2.00. The molecule has 0 aromatic carbocycles. The molecule has 138 valence electrons. The summed E-state index contributed by atoms with van der Waals surface area (Å²) in [5, 5.41) is -0.0881. The van der Waals surface area contributed by atoms with E-state index in [0.29, 0.717) is 10.8 Å². The van der Waals surface area contributed by atoms with E-state index in [9.17, 15) is 18.4 Å². The van der Waals surface area contributed by atoms with Crippen molar-refractivity contribution in [2.75, 3.05) is 0 Å². The van der Waals surface area contributed by atoms with Gasteiger partial charge in [-0.3, -0.25) is 20.4 Å². The third-order valence-electron chi connectivity index (χ3n) is 4.06. The van der Waals surface area contributed by atoms with Crippen LogP contribution in [-0.2, 0) is 12.8 Å². The van der Waals surface area contributed by atoms with Gasteiger partial charge in [0.1, 0.15) is 5.03 Å². The number of hydrogen-bond donors (Lipinski definition) is 2. The van der Waals surface area contributed by atoms with Gasteiger partial charge in [0.2, 0.25) is 0 Å². The summed E-state index contributed by atoms with van der Waals surface area (Å²) in [4.78, 5) is 30.0. The molecule has 1 aliphatic carbocycles. The number of pyridine rings is 1. The van der Waals surface area contributed by atoms with Gasteiger partial charge in [0.05, 0.1) is 10.4 Å². The molecule has 9 heteroatoms. The second-order valence-corrected chi connectivity index (χ2v) is 8.17. The molecule has 0 unspecified atom stereocenters. The fraction of sp³-hybridized carbons (Fsp3) is 0.353. The number of thiophene rings is 1. The van der Waals surface area contributed by atoms with Gasteiger partial charge in [-0.2, -0.15) is 8.78 Å². The third kappa shape index (κ3) is 4.39. The van der Waals surface area contributed by atoms with Crippen molar-refractivity contribution in [2.24, 2.45) is 5.92 Å². The van der Waals surface area contributed by atoms with Crippen molar-refractivity contribution in [1.82, 2.24) is 15.8 Å². The Balaban J connectivity index is 1.64. The average Bonchev–Trinajstić information content (AvgIpc) is 3.02. The molecule has 2 amide bonds. The summed E-state index contributed by atoms with van der Waals surface area (Å²) in [6.45, 7) is 2.18. The minimum atomic E-state index is -2.69. The molecule has 0 fully saturated rings. The molecule has 26 heavy (non-hydrogen) atoms. The molecule has 0 radical (unpaired) electrons. The topological polar surface area (TPSA) is 71.1 Å². The van der Waals surface area contributed by atoms with Gasteiger partial charge in [0.25, 0.3) is 17.6 Å². The lowest BCUT2D eigenvalue weighted by Crippen LogP contribution is -2.41. The summed E-state index contributed by atoms with van der Waals surface area (Å²) < 4.78 is 25.1. The number of carbonyl (C=O) groups excluding carboxylic acids is 2. The summed E-state index contributed by atoms with van der Waals surface area (Å²) >= 11 is 1.61. The van der Waals surface area contributed by atoms with Crippen LogP contribution in [0.15, 0.2) is 29.4 Å². The Morgan fingerprint density at radius 3 is 2.88 bits per heavy atom. The summed E-state index contributed by atoms with van der Waals surface area (Å²) in [6, 6.07) is 4.71. The van der Waals surface area contributed by atoms with Crippen LogP contribution >= 0.6 is 23.1 Å². The van der Waals surface area contributed by atoms with Gasteiger partial charge in [0.15, 0.2) is 0 Å². The third-order valence-corrected chi connectivity index (χ3v) is 6.02. The predicted octanol–water partition coefficient (Wildman–Crippen LogP) is 3.66. The maximum atomic E-state index is 12.6. The highest BCUT2D eigenvalue weighted by molar-refractivity contribution is 7.99. The standard InChI is InChI=1S/C17H17F2N3O2S2/c1-9-4-5-12-10(7-9)8-13(25-12)15(24)22-21-14(23)11-3-2-6-20-16(11)26-17(18)19/h2-3,6,8-9,17H,4-5,7H2,1H3,(H,21,23)(H,22,24)/t9-/m1/s1. The molecule has 5 nitrogen and oxygen atoms in total. The number of hydrazine groups is 1. The van der Waals surface area contributed by atoms with Crippen LogP contribution in [0.3, 0.4) is 0 Å². The number of nitrogens with zero attached hydrogens (tertiary/aromatic N) is 1. The Kier molecular flexibility index (Phi) is 5.87. The SMILES string of the molecule is C[C@@H]1CCc2sc(C(=O)NNC(=O)c3cccnc3SC(F)F)cc2C1. The lowest BCUT2D eigenvalue weighted by atomic mass is 9.90. The molecule has 1 atom stereocenters. The summed E-state index contributed by atoms with van der Waals surface area (Å²) in [5.41, 5.74) is 5.79. The van der Waals surface area contributed by atoms with Crippen LogP contribution in [0, 0.1) is 5.92 Å². The summed E-state index contributed by atoms with van der Waals surface area (Å²) in [6.07, 6.45) is 4.36. The molecule has 0 aliphatic heterocycles. The second-order valence-electron chi connectivity index (χ2n) is 6.05. The molecular formula is C17H17F2N3O2S2. The highest BCUT2D eigenvalue weighted by atomic mass is 32.2. The van der Waals surface area contributed by atoms with Crippen LogP contribution in [0.2, 0.25) is 0 Å². The summed E-state index contributed by atoms with van der Waals surface area (Å²) in [7, 11) is 0. The first-order valence-electron chi connectivity index (χ1n) is 8.06. The van der Waals surface area contributed by atoms with E-state index in [1.807, 2.05) is 6.07 Å². The largest absolute Gasteiger partial charge is 0.290 e. The van der Waals surface area contributed by atoms with Crippen LogP contribution in [-0.4, -0.2) is 22.6 Å². The molecule has 0 saturated heterocycles. The van der Waals surface area contributed by atoms with Crippen molar-refractivity contribution in [3.8, 4) is 0 Å². The number of nitrogens with one attached hydrogen (secondary N) is 2. The van der Waals surface area contributed by atoms with Crippen molar-refractivity contribution in [2.45, 2.75) is 37.0 Å². The van der Waals surface area contributed by atoms with Crippen molar-refractivity contribution in [3.63, 3.8) is 0 Å². The number of alkyl halides is 2. The van der Waals surface area contributed by atoms with E-state index in [-0.39, 0.29) is 22.4 Å². The van der Waals surface area contributed by atoms with Crippen molar-refractivity contribution in [1.29, 1.82) is 0 Å². The minimum absolute atomic E-state index is 0.0163. The lowest BCUT2D eigenvalue weighted by molar-refractivity contribution is 0.0846. The molecule has 2 heterocycles. The zero-order chi connectivity index (χ0) is 18.7. The molecule has 0 saturated carbocycles. The van der Waals surface area contributed by atoms with Gasteiger partial charge < -0.3 is 0 Å². The van der Waals surface area contributed by atoms with E-state index in [4.69, 9.17) is 0 Å². The average molecular weight is 397 g/mol. The first-order chi connectivity index (χ1) is 12.4. The number of rotatable bonds is 4. The quantitative estimate of drug-likeness (QED) is 0.610. The zero-order valence-electron chi connectivity index (χ0n) is 13.9. The number of halogens is 2. The Morgan fingerprint density at radius 1 is 1.35 bits per heavy atom. The van der Waals surface area contributed by atoms with Gasteiger partial charge in [-0.25, -0.2) is 4.98 Å². The lowest BCUT2D eigenvalue weighted by Gasteiger charge is -2.16. The van der Waals surface area contributed by atoms with Gasteiger partial charge in [-0.1, -0.05) is 6.92 Å². The first-order valence-corrected chi connectivity index (χ1v) is 9.75. The number of fused-ring (bicyclic) bond motifs is 1. The molecule has 2 aromatic heterocycles. The van der Waals surface area contributed by atoms with E-state index < -0.39 is 17.6 Å². The van der Waals surface area contributed by atoms with Crippen LogP contribution < -0.4 is 10.9 Å². The molecule has 2 aromatic rings. The highest BCUT2D eigenvalue weighted by Gasteiger charge is 2.21. The molecule has 2 N–H and O–H groups in total. The molecular weight excluding hydrogens is 380 g/mol. The van der Waals surface area contributed by atoms with Gasteiger partial charge >= 0.3 is 0 Å². The van der Waals surface area contributed by atoms with Gasteiger partial charge in [0, 0.05) is 11.1 Å². The van der Waals surface area contributed by atoms with Crippen molar-refractivity contribution in [3.05, 3.63) is 45.3 Å². The zero-order valence-corrected chi connectivity index (χ0v) is 15.6. The Bertz CT molecular complexity index is 826. The number of hydrogen-bond acceptors (Lipinski definition) is 5. The first kappa shape index (κ1) is 18.8. The summed E-state index contributed by atoms with van der Waals surface area (Å²) in [5.74, 6) is -3.20. The number of aryl methyl sites for hydroxylation is 1. The van der Waals surface area contributed by atoms with Crippen LogP contribution in [0.5, 0.6) is 0 Å². The van der Waals surface area contributed by atoms with Crippen LogP contribution in [0.1, 0.15) is 43.8 Å². The maximum absolute atomic E-state index is 12.6. The van der Waals surface area contributed by atoms with Gasteiger partial charge in [-0.05, 0) is 60.7 Å². The minimum Gasteiger partial charge on any atom is -0.267 e. The van der Waals surface area contributed by atoms with Crippen molar-refractivity contribution < 1.29 is 18.4 Å². The van der Waals surface area contributed by atoms with Gasteiger partial charge in [-0.15, -0.1) is 11.3 Å². The molecule has 0 spiro atoms. The number of amides is 2. The van der Waals surface area contributed by atoms with E-state index >= 15 is 0 Å². The number of carbonyl (C=O) groups is 2. The normalized spacial score (nSPS) is 16.2. The highest BCUT2D eigenvalue weighted by Crippen LogP contribution is 2.32. The van der Waals surface area contributed by atoms with Crippen LogP contribution in [0.25, 0.3) is 0 Å².